The molecule has 0 bridgehead atoms. The van der Waals surface area contributed by atoms with Crippen LogP contribution in [-0.2, 0) is 14.4 Å². The molecular weight excluding hydrogens is 486 g/mol. The lowest BCUT2D eigenvalue weighted by molar-refractivity contribution is -0.132. The Morgan fingerprint density at radius 1 is 1.03 bits per heavy atom. The van der Waals surface area contributed by atoms with Gasteiger partial charge < -0.3 is 19.9 Å². The van der Waals surface area contributed by atoms with E-state index >= 15 is 0 Å². The topological polar surface area (TPSA) is 118 Å². The summed E-state index contributed by atoms with van der Waals surface area (Å²) < 4.78 is 10.6. The minimum atomic E-state index is -0.967. The number of aromatic nitrogens is 1. The molecule has 3 aromatic rings. The first-order chi connectivity index (χ1) is 17.3. The van der Waals surface area contributed by atoms with Crippen molar-refractivity contribution in [1.82, 2.24) is 4.98 Å². The Morgan fingerprint density at radius 2 is 1.67 bits per heavy atom. The van der Waals surface area contributed by atoms with E-state index < -0.39 is 23.5 Å². The number of aliphatic hydroxyl groups excluding tert-OH is 1. The molecule has 0 spiro atoms. The molecule has 1 aromatic heterocycles. The zero-order valence-electron chi connectivity index (χ0n) is 19.6. The normalized spacial score (nSPS) is 16.7. The van der Waals surface area contributed by atoms with E-state index in [-0.39, 0.29) is 27.8 Å². The highest BCUT2D eigenvalue weighted by Gasteiger charge is 2.47. The van der Waals surface area contributed by atoms with Gasteiger partial charge in [0.25, 0.3) is 11.7 Å². The van der Waals surface area contributed by atoms with Crippen LogP contribution < -0.4 is 19.7 Å². The molecule has 9 nitrogen and oxygen atoms in total. The number of ether oxygens (including phenoxy) is 2. The smallest absolute Gasteiger partial charge is 0.300 e. The first kappa shape index (κ1) is 24.7. The van der Waals surface area contributed by atoms with Crippen LogP contribution in [0.2, 0.25) is 5.02 Å². The number of hydrogen-bond donors (Lipinski definition) is 2. The number of nitrogens with one attached hydrogen (secondary N) is 1. The van der Waals surface area contributed by atoms with Gasteiger partial charge in [-0.1, -0.05) is 11.6 Å². The molecule has 36 heavy (non-hydrogen) atoms. The van der Waals surface area contributed by atoms with E-state index in [9.17, 15) is 19.5 Å². The number of carbonyl (C=O) groups is 3. The summed E-state index contributed by atoms with van der Waals surface area (Å²) in [7, 11) is 2.83. The van der Waals surface area contributed by atoms with Crippen LogP contribution >= 0.6 is 11.6 Å². The molecule has 184 valence electrons. The number of pyridine rings is 1. The van der Waals surface area contributed by atoms with Gasteiger partial charge in [0.1, 0.15) is 17.3 Å². The number of halogens is 1. The number of carbonyl (C=O) groups excluding carboxylic acids is 3. The number of nitrogens with zero attached hydrogens (tertiary/aromatic N) is 2. The largest absolute Gasteiger partial charge is 0.507 e. The van der Waals surface area contributed by atoms with Crippen LogP contribution in [0.1, 0.15) is 24.1 Å². The van der Waals surface area contributed by atoms with E-state index in [0.29, 0.717) is 22.7 Å². The van der Waals surface area contributed by atoms with Crippen molar-refractivity contribution >= 4 is 46.3 Å². The molecule has 2 N–H and O–H groups in total. The number of methoxy groups -OCH3 is 2. The average Bonchev–Trinajstić information content (AvgIpc) is 3.14. The van der Waals surface area contributed by atoms with Crippen molar-refractivity contribution in [2.45, 2.75) is 13.0 Å². The number of hydrogen-bond acceptors (Lipinski definition) is 7. The van der Waals surface area contributed by atoms with Gasteiger partial charge in [0.2, 0.25) is 5.91 Å². The van der Waals surface area contributed by atoms with Gasteiger partial charge in [-0.25, -0.2) is 0 Å². The van der Waals surface area contributed by atoms with Crippen LogP contribution in [0.5, 0.6) is 11.5 Å². The number of rotatable bonds is 6. The quantitative estimate of drug-likeness (QED) is 0.289. The molecule has 1 aliphatic heterocycles. The summed E-state index contributed by atoms with van der Waals surface area (Å²) in [5.41, 5.74) is 1.46. The first-order valence-corrected chi connectivity index (χ1v) is 11.1. The van der Waals surface area contributed by atoms with E-state index in [0.717, 1.165) is 0 Å². The van der Waals surface area contributed by atoms with Crippen molar-refractivity contribution < 1.29 is 29.0 Å². The zero-order chi connectivity index (χ0) is 26.0. The third-order valence-corrected chi connectivity index (χ3v) is 5.96. The minimum Gasteiger partial charge on any atom is -0.507 e. The van der Waals surface area contributed by atoms with Gasteiger partial charge in [-0.3, -0.25) is 24.3 Å². The number of benzene rings is 2. The molecule has 0 aliphatic carbocycles. The van der Waals surface area contributed by atoms with E-state index in [4.69, 9.17) is 21.1 Å². The molecule has 4 rings (SSSR count). The number of amides is 2. The molecule has 2 amide bonds. The summed E-state index contributed by atoms with van der Waals surface area (Å²) in [6, 6.07) is 11.7. The highest BCUT2D eigenvalue weighted by Crippen LogP contribution is 2.44. The Morgan fingerprint density at radius 3 is 2.25 bits per heavy atom. The maximum Gasteiger partial charge on any atom is 0.300 e. The third kappa shape index (κ3) is 4.48. The van der Waals surface area contributed by atoms with Crippen LogP contribution in [0.15, 0.2) is 66.5 Å². The Labute approximate surface area is 211 Å². The van der Waals surface area contributed by atoms with Crippen LogP contribution in [0.25, 0.3) is 5.76 Å². The van der Waals surface area contributed by atoms with Crippen LogP contribution in [-0.4, -0.2) is 41.9 Å². The van der Waals surface area contributed by atoms with Crippen molar-refractivity contribution in [3.63, 3.8) is 0 Å². The molecular formula is C26H22ClN3O6. The highest BCUT2D eigenvalue weighted by atomic mass is 35.5. The molecule has 1 unspecified atom stereocenters. The summed E-state index contributed by atoms with van der Waals surface area (Å²) in [6.45, 7) is 1.38. The molecule has 0 saturated carbocycles. The second-order valence-corrected chi connectivity index (χ2v) is 8.27. The van der Waals surface area contributed by atoms with Gasteiger partial charge in [-0.05, 0) is 48.0 Å². The fourth-order valence-electron chi connectivity index (χ4n) is 4.06. The lowest BCUT2D eigenvalue weighted by atomic mass is 9.95. The van der Waals surface area contributed by atoms with Crippen LogP contribution in [0.4, 0.5) is 11.4 Å². The monoisotopic (exact) mass is 507 g/mol. The lowest BCUT2D eigenvalue weighted by Gasteiger charge is -2.25. The summed E-state index contributed by atoms with van der Waals surface area (Å²) in [5.74, 6) is -1.89. The van der Waals surface area contributed by atoms with E-state index in [1.807, 2.05) is 0 Å². The van der Waals surface area contributed by atoms with Gasteiger partial charge in [0.15, 0.2) is 0 Å². The number of aliphatic hydroxyl groups is 1. The summed E-state index contributed by atoms with van der Waals surface area (Å²) in [6.07, 6.45) is 3.06. The molecule has 1 atom stereocenters. The van der Waals surface area contributed by atoms with E-state index in [2.05, 4.69) is 10.3 Å². The summed E-state index contributed by atoms with van der Waals surface area (Å²) in [5, 5.41) is 14.2. The predicted octanol–water partition coefficient (Wildman–Crippen LogP) is 4.34. The van der Waals surface area contributed by atoms with Crippen LogP contribution in [0, 0.1) is 0 Å². The number of anilines is 2. The lowest BCUT2D eigenvalue weighted by Crippen LogP contribution is -2.29. The average molecular weight is 508 g/mol. The second-order valence-electron chi connectivity index (χ2n) is 7.86. The van der Waals surface area contributed by atoms with Crippen molar-refractivity contribution in [2.24, 2.45) is 0 Å². The minimum absolute atomic E-state index is 0.126. The molecule has 0 radical (unpaired) electrons. The molecule has 1 saturated heterocycles. The number of Topliss-reactive ketones (excluding diaryl/α,β-unsaturated/α-hetero) is 1. The molecule has 2 heterocycles. The standard InChI is InChI=1S/C26H22ClN3O6/c1-14(31)29-16-4-6-17(7-5-16)30-23(15-8-10-28-11-9-15)22(25(33)26(30)34)24(32)18-12-19(27)21(36-3)13-20(18)35-2/h4-13,23,32H,1-3H3,(H,29,31)/b24-22+. The Kier molecular flexibility index (Phi) is 6.93. The Hall–Kier alpha value is -4.37. The van der Waals surface area contributed by atoms with Gasteiger partial charge in [0, 0.05) is 36.8 Å². The fraction of sp³-hybridized carbons (Fsp3) is 0.154. The maximum absolute atomic E-state index is 13.3. The molecule has 1 fully saturated rings. The summed E-state index contributed by atoms with van der Waals surface area (Å²) >= 11 is 6.29. The van der Waals surface area contributed by atoms with Crippen molar-refractivity contribution in [1.29, 1.82) is 0 Å². The SMILES string of the molecule is COc1cc(OC)c(/C(O)=C2\C(=O)C(=O)N(c3ccc(NC(C)=O)cc3)C2c2ccncc2)cc1Cl. The van der Waals surface area contributed by atoms with Gasteiger partial charge in [0.05, 0.1) is 36.4 Å². The Balaban J connectivity index is 1.91. The molecule has 10 heteroatoms. The van der Waals surface area contributed by atoms with E-state index in [1.165, 1.54) is 50.6 Å². The van der Waals surface area contributed by atoms with Gasteiger partial charge >= 0.3 is 0 Å². The fourth-order valence-corrected chi connectivity index (χ4v) is 4.30. The van der Waals surface area contributed by atoms with Crippen molar-refractivity contribution in [3.8, 4) is 11.5 Å². The van der Waals surface area contributed by atoms with Crippen molar-refractivity contribution in [2.75, 3.05) is 24.4 Å². The molecule has 2 aromatic carbocycles. The predicted molar refractivity (Wildman–Crippen MR) is 134 cm³/mol. The van der Waals surface area contributed by atoms with Gasteiger partial charge in [-0.2, -0.15) is 0 Å². The second kappa shape index (κ2) is 10.1. The van der Waals surface area contributed by atoms with Crippen LogP contribution in [0.3, 0.4) is 0 Å². The molecule has 1 aliphatic rings. The van der Waals surface area contributed by atoms with Gasteiger partial charge in [-0.15, -0.1) is 0 Å². The third-order valence-electron chi connectivity index (χ3n) is 5.66. The maximum atomic E-state index is 13.3. The Bertz CT molecular complexity index is 1370. The number of ketones is 1. The van der Waals surface area contributed by atoms with Crippen molar-refractivity contribution in [3.05, 3.63) is 82.6 Å². The zero-order valence-corrected chi connectivity index (χ0v) is 20.4. The first-order valence-electron chi connectivity index (χ1n) is 10.8. The van der Waals surface area contributed by atoms with E-state index in [1.54, 1.807) is 36.4 Å². The summed E-state index contributed by atoms with van der Waals surface area (Å²) in [4.78, 5) is 43.3. The highest BCUT2D eigenvalue weighted by molar-refractivity contribution is 6.51.